The first-order valence-corrected chi connectivity index (χ1v) is 8.06. The lowest BCUT2D eigenvalue weighted by Gasteiger charge is -2.25. The Hall–Kier alpha value is -1.48. The zero-order valence-corrected chi connectivity index (χ0v) is 13.0. The smallest absolute Gasteiger partial charge is 0.416 e. The molecule has 5 nitrogen and oxygen atoms in total. The van der Waals surface area contributed by atoms with Gasteiger partial charge in [-0.05, 0) is 25.1 Å². The molecule has 0 saturated carbocycles. The molecule has 0 heterocycles. The van der Waals surface area contributed by atoms with Crippen molar-refractivity contribution in [1.82, 2.24) is 0 Å². The number of alkyl halides is 3. The number of hydrogen-bond acceptors (Lipinski definition) is 3. The largest absolute Gasteiger partial charge is 0.481 e. The quantitative estimate of drug-likeness (QED) is 0.847. The van der Waals surface area contributed by atoms with Gasteiger partial charge in [0.05, 0.1) is 28.4 Å². The van der Waals surface area contributed by atoms with E-state index in [2.05, 4.69) is 0 Å². The van der Waals surface area contributed by atoms with Gasteiger partial charge in [0.15, 0.2) is 0 Å². The van der Waals surface area contributed by atoms with Crippen LogP contribution in [0.5, 0.6) is 0 Å². The monoisotopic (exact) mass is 359 g/mol. The lowest BCUT2D eigenvalue weighted by atomic mass is 10.2. The molecule has 0 saturated heterocycles. The second-order valence-electron chi connectivity index (χ2n) is 4.28. The molecule has 0 aromatic heterocycles. The lowest BCUT2D eigenvalue weighted by molar-refractivity contribution is -0.138. The second-order valence-corrected chi connectivity index (χ2v) is 6.87. The Morgan fingerprint density at radius 3 is 2.41 bits per heavy atom. The third kappa shape index (κ3) is 4.51. The highest BCUT2D eigenvalue weighted by Gasteiger charge is 2.33. The average molecular weight is 360 g/mol. The molecule has 0 bridgehead atoms. The van der Waals surface area contributed by atoms with E-state index in [1.807, 2.05) is 0 Å². The van der Waals surface area contributed by atoms with E-state index in [1.54, 1.807) is 0 Å². The Bertz CT molecular complexity index is 661. The van der Waals surface area contributed by atoms with E-state index in [9.17, 15) is 26.4 Å². The summed E-state index contributed by atoms with van der Waals surface area (Å²) in [6.45, 7) is 0.789. The number of sulfonamides is 1. The van der Waals surface area contributed by atoms with Crippen molar-refractivity contribution in [1.29, 1.82) is 0 Å². The molecule has 0 aliphatic heterocycles. The van der Waals surface area contributed by atoms with Crippen LogP contribution < -0.4 is 4.31 Å². The number of hydrogen-bond donors (Lipinski definition) is 1. The summed E-state index contributed by atoms with van der Waals surface area (Å²) in [4.78, 5) is 10.6. The summed E-state index contributed by atoms with van der Waals surface area (Å²) in [6.07, 6.45) is -5.24. The van der Waals surface area contributed by atoms with Gasteiger partial charge in [-0.25, -0.2) is 8.42 Å². The molecule has 0 atom stereocenters. The van der Waals surface area contributed by atoms with E-state index in [-0.39, 0.29) is 10.7 Å². The molecule has 0 aliphatic carbocycles. The number of carbonyl (C=O) groups is 1. The van der Waals surface area contributed by atoms with E-state index in [0.29, 0.717) is 10.4 Å². The van der Waals surface area contributed by atoms with Crippen molar-refractivity contribution in [2.75, 3.05) is 16.6 Å². The molecule has 0 amide bonds. The minimum Gasteiger partial charge on any atom is -0.481 e. The van der Waals surface area contributed by atoms with Gasteiger partial charge < -0.3 is 5.11 Å². The number of carboxylic acids is 1. The van der Waals surface area contributed by atoms with Crippen molar-refractivity contribution < 1.29 is 31.5 Å². The zero-order valence-electron chi connectivity index (χ0n) is 11.4. The fourth-order valence-corrected chi connectivity index (χ4v) is 3.04. The lowest BCUT2D eigenvalue weighted by Crippen LogP contribution is -2.34. The average Bonchev–Trinajstić information content (AvgIpc) is 2.39. The van der Waals surface area contributed by atoms with Gasteiger partial charge in [0.1, 0.15) is 0 Å². The van der Waals surface area contributed by atoms with Crippen LogP contribution in [0, 0.1) is 0 Å². The van der Waals surface area contributed by atoms with Gasteiger partial charge in [-0.3, -0.25) is 9.10 Å². The first-order chi connectivity index (χ1) is 9.99. The molecule has 1 aromatic carbocycles. The van der Waals surface area contributed by atoms with Gasteiger partial charge in [-0.2, -0.15) is 13.2 Å². The SMILES string of the molecule is CCS(=O)(=O)N(CCC(=O)O)c1cc(C(F)(F)F)ccc1Cl. The van der Waals surface area contributed by atoms with E-state index in [1.165, 1.54) is 6.92 Å². The van der Waals surface area contributed by atoms with Crippen LogP contribution in [-0.4, -0.2) is 31.8 Å². The van der Waals surface area contributed by atoms with Gasteiger partial charge in [-0.15, -0.1) is 0 Å². The Kier molecular flexibility index (Phi) is 5.69. The first kappa shape index (κ1) is 18.6. The normalized spacial score (nSPS) is 12.2. The predicted molar refractivity (Wildman–Crippen MR) is 75.5 cm³/mol. The molecule has 124 valence electrons. The highest BCUT2D eigenvalue weighted by atomic mass is 35.5. The Labute approximate surface area is 130 Å². The van der Waals surface area contributed by atoms with E-state index in [4.69, 9.17) is 16.7 Å². The Morgan fingerprint density at radius 2 is 1.95 bits per heavy atom. The summed E-state index contributed by atoms with van der Waals surface area (Å²) in [7, 11) is -3.98. The maximum absolute atomic E-state index is 12.8. The minimum atomic E-state index is -4.67. The molecule has 0 spiro atoms. The first-order valence-electron chi connectivity index (χ1n) is 6.08. The van der Waals surface area contributed by atoms with Crippen LogP contribution >= 0.6 is 11.6 Å². The molecule has 1 aromatic rings. The number of aliphatic carboxylic acids is 1. The fourth-order valence-electron chi connectivity index (χ4n) is 1.64. The maximum atomic E-state index is 12.8. The molecule has 0 aliphatic rings. The summed E-state index contributed by atoms with van der Waals surface area (Å²) in [5.41, 5.74) is -1.46. The molecule has 1 rings (SSSR count). The standard InChI is InChI=1S/C12H13ClF3NO4S/c1-2-22(20,21)17(6-5-11(18)19)10-7-8(12(14,15)16)3-4-9(10)13/h3-4,7H,2,5-6H2,1H3,(H,18,19). The molecule has 0 radical (unpaired) electrons. The van der Waals surface area contributed by atoms with Crippen molar-refractivity contribution in [2.45, 2.75) is 19.5 Å². The van der Waals surface area contributed by atoms with Crippen molar-refractivity contribution in [2.24, 2.45) is 0 Å². The second kappa shape index (κ2) is 6.74. The fraction of sp³-hybridized carbons (Fsp3) is 0.417. The Morgan fingerprint density at radius 1 is 1.36 bits per heavy atom. The van der Waals surface area contributed by atoms with Gasteiger partial charge in [0.2, 0.25) is 10.0 Å². The van der Waals surface area contributed by atoms with Gasteiger partial charge >= 0.3 is 12.1 Å². The van der Waals surface area contributed by atoms with Crippen LogP contribution in [0.15, 0.2) is 18.2 Å². The summed E-state index contributed by atoms with van der Waals surface area (Å²) >= 11 is 5.80. The van der Waals surface area contributed by atoms with Gasteiger partial charge in [-0.1, -0.05) is 11.6 Å². The number of anilines is 1. The molecule has 1 N–H and O–H groups in total. The van der Waals surface area contributed by atoms with Gasteiger partial charge in [0, 0.05) is 6.54 Å². The summed E-state index contributed by atoms with van der Waals surface area (Å²) < 4.78 is 62.9. The number of halogens is 4. The van der Waals surface area contributed by atoms with E-state index in [0.717, 1.165) is 12.1 Å². The van der Waals surface area contributed by atoms with Crippen LogP contribution in [0.2, 0.25) is 5.02 Å². The number of rotatable bonds is 6. The topological polar surface area (TPSA) is 74.7 Å². The maximum Gasteiger partial charge on any atom is 0.416 e. The summed E-state index contributed by atoms with van der Waals surface area (Å²) in [6, 6.07) is 2.25. The van der Waals surface area contributed by atoms with Crippen LogP contribution in [-0.2, 0) is 21.0 Å². The van der Waals surface area contributed by atoms with Crippen molar-refractivity contribution in [3.63, 3.8) is 0 Å². The molecule has 0 fully saturated rings. The zero-order chi connectivity index (χ0) is 17.1. The van der Waals surface area contributed by atoms with Crippen LogP contribution in [0.3, 0.4) is 0 Å². The van der Waals surface area contributed by atoms with Crippen LogP contribution in [0.4, 0.5) is 18.9 Å². The summed E-state index contributed by atoms with van der Waals surface area (Å²) in [5.74, 6) is -1.68. The van der Waals surface area contributed by atoms with Crippen LogP contribution in [0.25, 0.3) is 0 Å². The third-order valence-corrected chi connectivity index (χ3v) is 4.87. The highest BCUT2D eigenvalue weighted by Crippen LogP contribution is 2.36. The summed E-state index contributed by atoms with van der Waals surface area (Å²) in [5, 5.41) is 8.45. The molecule has 10 heteroatoms. The molecule has 22 heavy (non-hydrogen) atoms. The molecular formula is C12H13ClF3NO4S. The number of carboxylic acid groups (broad SMARTS) is 1. The highest BCUT2D eigenvalue weighted by molar-refractivity contribution is 7.92. The Balaban J connectivity index is 3.38. The van der Waals surface area contributed by atoms with Gasteiger partial charge in [0.25, 0.3) is 0 Å². The van der Waals surface area contributed by atoms with E-state index >= 15 is 0 Å². The van der Waals surface area contributed by atoms with Crippen LogP contribution in [0.1, 0.15) is 18.9 Å². The number of benzene rings is 1. The molecular weight excluding hydrogens is 347 g/mol. The van der Waals surface area contributed by atoms with Crippen molar-refractivity contribution in [3.8, 4) is 0 Å². The van der Waals surface area contributed by atoms with E-state index < -0.39 is 46.5 Å². The number of nitrogens with zero attached hydrogens (tertiary/aromatic N) is 1. The third-order valence-electron chi connectivity index (χ3n) is 2.77. The predicted octanol–water partition coefficient (Wildman–Crippen LogP) is 2.99. The molecule has 0 unspecified atom stereocenters. The minimum absolute atomic E-state index is 0.213. The van der Waals surface area contributed by atoms with Crippen molar-refractivity contribution in [3.05, 3.63) is 28.8 Å². The van der Waals surface area contributed by atoms with Crippen molar-refractivity contribution >= 4 is 33.3 Å².